The zero-order valence-corrected chi connectivity index (χ0v) is 16.4. The van der Waals surface area contributed by atoms with Gasteiger partial charge in [-0.1, -0.05) is 18.9 Å². The maximum Gasteiger partial charge on any atom is 0.308 e. The van der Waals surface area contributed by atoms with Crippen LogP contribution >= 0.6 is 0 Å². The summed E-state index contributed by atoms with van der Waals surface area (Å²) in [5.74, 6) is -1.63. The number of hydrogen-bond acceptors (Lipinski definition) is 4. The topological polar surface area (TPSA) is 92.7 Å². The first-order valence-corrected chi connectivity index (χ1v) is 10.2. The van der Waals surface area contributed by atoms with E-state index in [1.807, 2.05) is 6.92 Å². The molecular formula is C21H33NO5. The Labute approximate surface area is 161 Å². The Morgan fingerprint density at radius 1 is 1.22 bits per heavy atom. The summed E-state index contributed by atoms with van der Waals surface area (Å²) < 4.78 is 5.09. The van der Waals surface area contributed by atoms with E-state index in [-0.39, 0.29) is 23.8 Å². The van der Waals surface area contributed by atoms with Crippen molar-refractivity contribution in [2.45, 2.75) is 77.2 Å². The Morgan fingerprint density at radius 3 is 2.37 bits per heavy atom. The van der Waals surface area contributed by atoms with Crippen LogP contribution in [0.15, 0.2) is 12.7 Å². The van der Waals surface area contributed by atoms with Crippen molar-refractivity contribution in [2.75, 3.05) is 6.61 Å². The number of aliphatic carboxylic acids is 1. The molecule has 1 amide bonds. The molecule has 2 fully saturated rings. The summed E-state index contributed by atoms with van der Waals surface area (Å²) in [5, 5.41) is 12.7. The van der Waals surface area contributed by atoms with Crippen LogP contribution in [0.2, 0.25) is 0 Å². The second-order valence-electron chi connectivity index (χ2n) is 8.03. The number of rotatable bonds is 9. The highest BCUT2D eigenvalue weighted by molar-refractivity contribution is 5.84. The zero-order valence-electron chi connectivity index (χ0n) is 16.4. The minimum absolute atomic E-state index is 0.00473. The fraction of sp³-hybridized carbons (Fsp3) is 0.762. The molecule has 0 aromatic heterocycles. The summed E-state index contributed by atoms with van der Waals surface area (Å²) in [4.78, 5) is 36.5. The second kappa shape index (κ2) is 9.90. The number of nitrogens with one attached hydrogen (secondary N) is 1. The summed E-state index contributed by atoms with van der Waals surface area (Å²) in [6, 6.07) is 0.0586. The molecule has 0 radical (unpaired) electrons. The van der Waals surface area contributed by atoms with E-state index in [1.54, 1.807) is 6.08 Å². The smallest absolute Gasteiger partial charge is 0.308 e. The van der Waals surface area contributed by atoms with Crippen molar-refractivity contribution in [1.82, 2.24) is 5.32 Å². The molecule has 0 aromatic rings. The predicted octanol–water partition coefficient (Wildman–Crippen LogP) is 3.45. The Hall–Kier alpha value is -1.85. The van der Waals surface area contributed by atoms with Crippen LogP contribution in [0.3, 0.4) is 0 Å². The molecule has 0 spiro atoms. The van der Waals surface area contributed by atoms with Gasteiger partial charge in [-0.05, 0) is 58.3 Å². The summed E-state index contributed by atoms with van der Waals surface area (Å²) in [6.45, 7) is 5.85. The van der Waals surface area contributed by atoms with E-state index < -0.39 is 17.3 Å². The van der Waals surface area contributed by atoms with Gasteiger partial charge in [-0.2, -0.15) is 0 Å². The fourth-order valence-electron chi connectivity index (χ4n) is 4.59. The molecule has 27 heavy (non-hydrogen) atoms. The Kier molecular flexibility index (Phi) is 7.87. The molecule has 1 unspecified atom stereocenters. The Bertz CT molecular complexity index is 545. The molecule has 2 rings (SSSR count). The normalized spacial score (nSPS) is 25.4. The van der Waals surface area contributed by atoms with E-state index in [2.05, 4.69) is 11.9 Å². The Morgan fingerprint density at radius 2 is 1.85 bits per heavy atom. The average molecular weight is 379 g/mol. The second-order valence-corrected chi connectivity index (χ2v) is 8.03. The van der Waals surface area contributed by atoms with Gasteiger partial charge in [-0.15, -0.1) is 6.58 Å². The molecule has 152 valence electrons. The first-order chi connectivity index (χ1) is 12.9. The first-order valence-electron chi connectivity index (χ1n) is 10.2. The monoisotopic (exact) mass is 379 g/mol. The summed E-state index contributed by atoms with van der Waals surface area (Å²) >= 11 is 0. The van der Waals surface area contributed by atoms with E-state index in [9.17, 15) is 19.5 Å². The van der Waals surface area contributed by atoms with Gasteiger partial charge < -0.3 is 15.2 Å². The van der Waals surface area contributed by atoms with Gasteiger partial charge in [0.2, 0.25) is 5.91 Å². The molecule has 2 aliphatic carbocycles. The molecule has 6 heteroatoms. The van der Waals surface area contributed by atoms with Crippen LogP contribution in [0.25, 0.3) is 0 Å². The van der Waals surface area contributed by atoms with E-state index in [0.29, 0.717) is 19.4 Å². The van der Waals surface area contributed by atoms with E-state index in [4.69, 9.17) is 4.74 Å². The number of esters is 1. The highest BCUT2D eigenvalue weighted by atomic mass is 16.5. The number of carboxylic acid groups (broad SMARTS) is 1. The van der Waals surface area contributed by atoms with Crippen molar-refractivity contribution >= 4 is 17.8 Å². The van der Waals surface area contributed by atoms with Crippen LogP contribution in [-0.2, 0) is 19.1 Å². The highest BCUT2D eigenvalue weighted by Gasteiger charge is 2.44. The van der Waals surface area contributed by atoms with Crippen molar-refractivity contribution in [2.24, 2.45) is 17.3 Å². The minimum atomic E-state index is -0.857. The van der Waals surface area contributed by atoms with Gasteiger partial charge in [-0.25, -0.2) is 0 Å². The lowest BCUT2D eigenvalue weighted by Gasteiger charge is -2.34. The predicted molar refractivity (Wildman–Crippen MR) is 102 cm³/mol. The largest absolute Gasteiger partial charge is 0.481 e. The molecule has 2 N–H and O–H groups in total. The van der Waals surface area contributed by atoms with Crippen molar-refractivity contribution in [1.29, 1.82) is 0 Å². The number of carboxylic acids is 1. The van der Waals surface area contributed by atoms with Crippen LogP contribution in [0.5, 0.6) is 0 Å². The lowest BCUT2D eigenvalue weighted by Crippen LogP contribution is -2.47. The molecule has 0 aromatic carbocycles. The number of hydrogen-bond donors (Lipinski definition) is 2. The SMILES string of the molecule is C=CCC(CC1(C(=O)NC2CCC(C(=O)OCC)CC2)CCCC1)C(=O)O. The summed E-state index contributed by atoms with van der Waals surface area (Å²) in [7, 11) is 0. The maximum atomic E-state index is 13.1. The number of amides is 1. The van der Waals surface area contributed by atoms with E-state index >= 15 is 0 Å². The van der Waals surface area contributed by atoms with Gasteiger partial charge >= 0.3 is 11.9 Å². The molecule has 2 saturated carbocycles. The third-order valence-electron chi connectivity index (χ3n) is 6.16. The van der Waals surface area contributed by atoms with Crippen LogP contribution in [0, 0.1) is 17.3 Å². The zero-order chi connectivity index (χ0) is 19.9. The number of ether oxygens (including phenoxy) is 1. The van der Waals surface area contributed by atoms with E-state index in [0.717, 1.165) is 51.4 Å². The van der Waals surface area contributed by atoms with Gasteiger partial charge in [0.1, 0.15) is 0 Å². The third kappa shape index (κ3) is 5.56. The van der Waals surface area contributed by atoms with Gasteiger partial charge in [0.25, 0.3) is 0 Å². The molecule has 2 aliphatic rings. The molecule has 6 nitrogen and oxygen atoms in total. The molecule has 1 atom stereocenters. The van der Waals surface area contributed by atoms with Crippen LogP contribution in [0.4, 0.5) is 0 Å². The number of allylic oxidation sites excluding steroid dienone is 1. The Balaban J connectivity index is 1.95. The van der Waals surface area contributed by atoms with Gasteiger partial charge in [0.05, 0.1) is 23.9 Å². The quantitative estimate of drug-likeness (QED) is 0.473. The third-order valence-corrected chi connectivity index (χ3v) is 6.16. The first kappa shape index (κ1) is 21.5. The molecular weight excluding hydrogens is 346 g/mol. The van der Waals surface area contributed by atoms with Gasteiger partial charge in [-0.3, -0.25) is 14.4 Å². The molecule has 0 bridgehead atoms. The van der Waals surface area contributed by atoms with Crippen molar-refractivity contribution in [3.8, 4) is 0 Å². The highest BCUT2D eigenvalue weighted by Crippen LogP contribution is 2.44. The van der Waals surface area contributed by atoms with Crippen molar-refractivity contribution in [3.05, 3.63) is 12.7 Å². The van der Waals surface area contributed by atoms with Gasteiger partial charge in [0, 0.05) is 6.04 Å². The lowest BCUT2D eigenvalue weighted by molar-refractivity contribution is -0.149. The molecule has 0 saturated heterocycles. The van der Waals surface area contributed by atoms with Crippen LogP contribution < -0.4 is 5.32 Å². The van der Waals surface area contributed by atoms with Crippen LogP contribution in [0.1, 0.15) is 71.1 Å². The summed E-state index contributed by atoms with van der Waals surface area (Å²) in [5.41, 5.74) is -0.579. The van der Waals surface area contributed by atoms with Crippen molar-refractivity contribution in [3.63, 3.8) is 0 Å². The van der Waals surface area contributed by atoms with Crippen LogP contribution in [-0.4, -0.2) is 35.6 Å². The number of carbonyl (C=O) groups excluding carboxylic acids is 2. The van der Waals surface area contributed by atoms with Gasteiger partial charge in [0.15, 0.2) is 0 Å². The molecule has 0 aliphatic heterocycles. The van der Waals surface area contributed by atoms with E-state index in [1.165, 1.54) is 0 Å². The lowest BCUT2D eigenvalue weighted by atomic mass is 9.75. The standard InChI is InChI=1S/C21H33NO5/c1-3-7-16(18(23)24)14-21(12-5-6-13-21)20(26)22-17-10-8-15(9-11-17)19(25)27-4-2/h3,15-17H,1,4-14H2,2H3,(H,22,26)(H,23,24). The fourth-order valence-corrected chi connectivity index (χ4v) is 4.59. The minimum Gasteiger partial charge on any atom is -0.481 e. The maximum absolute atomic E-state index is 13.1. The van der Waals surface area contributed by atoms with Crippen molar-refractivity contribution < 1.29 is 24.2 Å². The molecule has 0 heterocycles. The summed E-state index contributed by atoms with van der Waals surface area (Å²) in [6.07, 6.45) is 8.78. The number of carbonyl (C=O) groups is 3. The average Bonchev–Trinajstić information content (AvgIpc) is 3.12.